The van der Waals surface area contributed by atoms with Crippen molar-refractivity contribution in [1.29, 1.82) is 0 Å². The Kier molecular flexibility index (Phi) is 33.6. The van der Waals surface area contributed by atoms with Crippen LogP contribution in [0.25, 0.3) is 0 Å². The molecule has 7 heteroatoms. The van der Waals surface area contributed by atoms with E-state index in [1.165, 1.54) is 64.2 Å². The molecule has 0 aliphatic heterocycles. The van der Waals surface area contributed by atoms with Gasteiger partial charge in [-0.1, -0.05) is 157 Å². The Balaban J connectivity index is 4.49. The van der Waals surface area contributed by atoms with E-state index in [2.05, 4.69) is 60.5 Å². The SMILES string of the molecule is CCCCCCCCCOC(=O)CCCCCCCC(CCCCCCCC(=O)OCCCCCCCCC)OC(=O)CC(C)(C)CC(C)(C)CN(C)C. The molecule has 320 valence electrons. The molecule has 0 amide bonds. The Hall–Kier alpha value is -1.63. The van der Waals surface area contributed by atoms with Crippen molar-refractivity contribution < 1.29 is 28.6 Å². The molecular formula is C47H91NO6. The van der Waals surface area contributed by atoms with E-state index in [0.717, 1.165) is 116 Å². The molecular weight excluding hydrogens is 675 g/mol. The standard InChI is InChI=1S/C47H91NO6/c1-9-11-13-15-17-25-31-37-52-43(49)35-29-23-19-21-27-33-42(54-45(51)39-46(3,4)40-47(5,6)41-48(7)8)34-28-22-20-24-30-36-44(50)53-38-32-26-18-16-14-12-10-2/h42H,9-41H2,1-8H3. The molecule has 0 aliphatic carbocycles. The van der Waals surface area contributed by atoms with Crippen LogP contribution in [0.5, 0.6) is 0 Å². The minimum absolute atomic E-state index is 0.0497. The lowest BCUT2D eigenvalue weighted by Gasteiger charge is -2.36. The molecule has 0 radical (unpaired) electrons. The maximum Gasteiger partial charge on any atom is 0.306 e. The molecule has 0 aromatic heterocycles. The first-order valence-electron chi connectivity index (χ1n) is 23.0. The summed E-state index contributed by atoms with van der Waals surface area (Å²) in [5.41, 5.74) is -0.0206. The summed E-state index contributed by atoms with van der Waals surface area (Å²) < 4.78 is 17.1. The van der Waals surface area contributed by atoms with Crippen LogP contribution in [0.3, 0.4) is 0 Å². The van der Waals surface area contributed by atoms with Gasteiger partial charge in [0.1, 0.15) is 6.10 Å². The topological polar surface area (TPSA) is 82.1 Å². The van der Waals surface area contributed by atoms with Crippen LogP contribution in [0.1, 0.15) is 234 Å². The van der Waals surface area contributed by atoms with Crippen LogP contribution < -0.4 is 0 Å². The van der Waals surface area contributed by atoms with E-state index in [1.807, 2.05) is 0 Å². The average Bonchev–Trinajstić information content (AvgIpc) is 3.08. The van der Waals surface area contributed by atoms with Crippen molar-refractivity contribution in [2.45, 2.75) is 240 Å². The molecule has 0 spiro atoms. The van der Waals surface area contributed by atoms with E-state index in [1.54, 1.807) is 0 Å². The number of nitrogens with zero attached hydrogens (tertiary/aromatic N) is 1. The molecule has 0 saturated carbocycles. The molecule has 54 heavy (non-hydrogen) atoms. The van der Waals surface area contributed by atoms with Crippen molar-refractivity contribution in [2.75, 3.05) is 33.9 Å². The molecule has 0 atom stereocenters. The number of ether oxygens (including phenoxy) is 3. The van der Waals surface area contributed by atoms with E-state index in [9.17, 15) is 14.4 Å². The average molecular weight is 766 g/mol. The highest BCUT2D eigenvalue weighted by Crippen LogP contribution is 2.37. The highest BCUT2D eigenvalue weighted by molar-refractivity contribution is 5.70. The monoisotopic (exact) mass is 766 g/mol. The molecule has 0 heterocycles. The van der Waals surface area contributed by atoms with Gasteiger partial charge in [0.25, 0.3) is 0 Å². The van der Waals surface area contributed by atoms with Gasteiger partial charge >= 0.3 is 17.9 Å². The maximum atomic E-state index is 13.3. The Morgan fingerprint density at radius 1 is 0.481 bits per heavy atom. The van der Waals surface area contributed by atoms with E-state index in [0.29, 0.717) is 32.5 Å². The number of rotatable bonds is 39. The molecule has 7 nitrogen and oxygen atoms in total. The molecule has 0 aromatic rings. The van der Waals surface area contributed by atoms with Crippen molar-refractivity contribution in [3.8, 4) is 0 Å². The molecule has 0 saturated heterocycles. The van der Waals surface area contributed by atoms with Gasteiger partial charge in [0, 0.05) is 19.4 Å². The maximum absolute atomic E-state index is 13.3. The van der Waals surface area contributed by atoms with Gasteiger partial charge in [-0.2, -0.15) is 0 Å². The first-order valence-corrected chi connectivity index (χ1v) is 23.0. The van der Waals surface area contributed by atoms with E-state index < -0.39 is 0 Å². The number of unbranched alkanes of at least 4 members (excludes halogenated alkanes) is 20. The zero-order valence-electron chi connectivity index (χ0n) is 37.3. The van der Waals surface area contributed by atoms with Crippen molar-refractivity contribution in [3.05, 3.63) is 0 Å². The first kappa shape index (κ1) is 52.4. The number of carbonyl (C=O) groups excluding carboxylic acids is 3. The van der Waals surface area contributed by atoms with Gasteiger partial charge in [-0.15, -0.1) is 0 Å². The number of hydrogen-bond donors (Lipinski definition) is 0. The Morgan fingerprint density at radius 2 is 0.852 bits per heavy atom. The molecule has 0 unspecified atom stereocenters. The minimum Gasteiger partial charge on any atom is -0.466 e. The van der Waals surface area contributed by atoms with Crippen LogP contribution in [-0.4, -0.2) is 62.8 Å². The summed E-state index contributed by atoms with van der Waals surface area (Å²) in [6.07, 6.45) is 31.5. The predicted octanol–water partition coefficient (Wildman–Crippen LogP) is 13.3. The predicted molar refractivity (Wildman–Crippen MR) is 228 cm³/mol. The first-order chi connectivity index (χ1) is 25.8. The molecule has 0 N–H and O–H groups in total. The van der Waals surface area contributed by atoms with Gasteiger partial charge in [0.15, 0.2) is 0 Å². The van der Waals surface area contributed by atoms with Crippen LogP contribution in [0.2, 0.25) is 0 Å². The van der Waals surface area contributed by atoms with E-state index >= 15 is 0 Å². The second-order valence-corrected chi connectivity index (χ2v) is 18.3. The van der Waals surface area contributed by atoms with Crippen LogP contribution in [0, 0.1) is 10.8 Å². The summed E-state index contributed by atoms with van der Waals surface area (Å²) in [7, 11) is 4.21. The molecule has 0 bridgehead atoms. The normalized spacial score (nSPS) is 12.1. The van der Waals surface area contributed by atoms with Gasteiger partial charge in [-0.25, -0.2) is 0 Å². The third-order valence-electron chi connectivity index (χ3n) is 10.5. The lowest BCUT2D eigenvalue weighted by atomic mass is 9.73. The van der Waals surface area contributed by atoms with Gasteiger partial charge in [-0.3, -0.25) is 14.4 Å². The lowest BCUT2D eigenvalue weighted by Crippen LogP contribution is -2.34. The molecule has 0 aliphatic rings. The third-order valence-corrected chi connectivity index (χ3v) is 10.5. The van der Waals surface area contributed by atoms with Crippen LogP contribution in [0.15, 0.2) is 0 Å². The Morgan fingerprint density at radius 3 is 1.26 bits per heavy atom. The number of hydrogen-bond acceptors (Lipinski definition) is 7. The smallest absolute Gasteiger partial charge is 0.306 e. The van der Waals surface area contributed by atoms with E-state index in [-0.39, 0.29) is 34.8 Å². The summed E-state index contributed by atoms with van der Waals surface area (Å²) in [6, 6.07) is 0. The Bertz CT molecular complexity index is 855. The number of esters is 3. The second-order valence-electron chi connectivity index (χ2n) is 18.3. The van der Waals surface area contributed by atoms with Crippen molar-refractivity contribution in [1.82, 2.24) is 4.90 Å². The van der Waals surface area contributed by atoms with Crippen LogP contribution in [-0.2, 0) is 28.6 Å². The summed E-state index contributed by atoms with van der Waals surface area (Å²) in [5, 5.41) is 0. The fourth-order valence-corrected chi connectivity index (χ4v) is 8.13. The molecule has 0 aromatic carbocycles. The number of carbonyl (C=O) groups is 3. The van der Waals surface area contributed by atoms with Crippen LogP contribution >= 0.6 is 0 Å². The largest absolute Gasteiger partial charge is 0.466 e. The van der Waals surface area contributed by atoms with Crippen molar-refractivity contribution >= 4 is 17.9 Å². The van der Waals surface area contributed by atoms with Gasteiger partial charge < -0.3 is 19.1 Å². The highest BCUT2D eigenvalue weighted by Gasteiger charge is 2.32. The van der Waals surface area contributed by atoms with Gasteiger partial charge in [0.05, 0.1) is 19.6 Å². The summed E-state index contributed by atoms with van der Waals surface area (Å²) in [6.45, 7) is 15.5. The summed E-state index contributed by atoms with van der Waals surface area (Å²) in [5.74, 6) is -0.185. The van der Waals surface area contributed by atoms with Gasteiger partial charge in [-0.05, 0) is 82.7 Å². The minimum atomic E-state index is -0.133. The summed E-state index contributed by atoms with van der Waals surface area (Å²) >= 11 is 0. The van der Waals surface area contributed by atoms with Gasteiger partial charge in [0.2, 0.25) is 0 Å². The Labute approximate surface area is 335 Å². The van der Waals surface area contributed by atoms with E-state index in [4.69, 9.17) is 14.2 Å². The molecule has 0 fully saturated rings. The molecule has 0 rings (SSSR count). The summed E-state index contributed by atoms with van der Waals surface area (Å²) in [4.78, 5) is 39.7. The zero-order chi connectivity index (χ0) is 40.3. The third kappa shape index (κ3) is 36.0. The fourth-order valence-electron chi connectivity index (χ4n) is 8.13. The fraction of sp³-hybridized carbons (Fsp3) is 0.936. The van der Waals surface area contributed by atoms with Crippen LogP contribution in [0.4, 0.5) is 0 Å². The second kappa shape index (κ2) is 34.6. The quantitative estimate of drug-likeness (QED) is 0.0350. The van der Waals surface area contributed by atoms with Crippen molar-refractivity contribution in [3.63, 3.8) is 0 Å². The lowest BCUT2D eigenvalue weighted by molar-refractivity contribution is -0.152. The zero-order valence-corrected chi connectivity index (χ0v) is 37.3. The highest BCUT2D eigenvalue weighted by atomic mass is 16.5. The van der Waals surface area contributed by atoms with Crippen molar-refractivity contribution in [2.24, 2.45) is 10.8 Å².